The Morgan fingerprint density at radius 1 is 1.25 bits per heavy atom. The van der Waals surface area contributed by atoms with Gasteiger partial charge in [0.1, 0.15) is 12.4 Å². The van der Waals surface area contributed by atoms with Crippen LogP contribution in [0.2, 0.25) is 0 Å². The van der Waals surface area contributed by atoms with E-state index >= 15 is 0 Å². The predicted molar refractivity (Wildman–Crippen MR) is 63.6 cm³/mol. The Morgan fingerprint density at radius 3 is 2.50 bits per heavy atom. The first-order chi connectivity index (χ1) is 7.30. The summed E-state index contributed by atoms with van der Waals surface area (Å²) in [6.45, 7) is 9.01. The minimum absolute atomic E-state index is 0. The number of imidazole rings is 1. The topological polar surface area (TPSA) is 8.81 Å². The molecule has 0 aliphatic rings. The average molecular weight is 245 g/mol. The van der Waals surface area contributed by atoms with E-state index in [1.54, 1.807) is 0 Å². The van der Waals surface area contributed by atoms with Crippen molar-refractivity contribution in [2.24, 2.45) is 5.92 Å². The van der Waals surface area contributed by atoms with Crippen molar-refractivity contribution in [2.75, 3.05) is 0 Å². The van der Waals surface area contributed by atoms with E-state index in [1.807, 2.05) is 0 Å². The highest BCUT2D eigenvalue weighted by molar-refractivity contribution is 4.69. The third kappa shape index (κ3) is 5.02. The maximum absolute atomic E-state index is 2.33. The molecule has 94 valence electrons. The summed E-state index contributed by atoms with van der Waals surface area (Å²) in [6.07, 6.45) is 11.9. The van der Waals surface area contributed by atoms with Crippen molar-refractivity contribution < 1.29 is 17.0 Å². The van der Waals surface area contributed by atoms with Gasteiger partial charge in [0.15, 0.2) is 0 Å². The third-order valence-corrected chi connectivity index (χ3v) is 3.12. The maximum atomic E-state index is 2.33. The number of halogens is 1. The summed E-state index contributed by atoms with van der Waals surface area (Å²) in [6, 6.07) is 0. The van der Waals surface area contributed by atoms with Crippen LogP contribution in [0, 0.1) is 5.92 Å². The smallest absolute Gasteiger partial charge is 0.243 e. The van der Waals surface area contributed by atoms with Crippen LogP contribution in [-0.4, -0.2) is 4.57 Å². The van der Waals surface area contributed by atoms with E-state index in [1.165, 1.54) is 32.2 Å². The Hall–Kier alpha value is -0.500. The molecule has 3 heteroatoms. The number of hydrogen-bond donors (Lipinski definition) is 0. The summed E-state index contributed by atoms with van der Waals surface area (Å²) in [4.78, 5) is 0. The number of unbranched alkanes of at least 4 members (excludes halogenated alkanes) is 1. The molecule has 0 radical (unpaired) electrons. The van der Waals surface area contributed by atoms with Gasteiger partial charge in [0.05, 0.1) is 13.1 Å². The van der Waals surface area contributed by atoms with E-state index in [0.29, 0.717) is 0 Å². The van der Waals surface area contributed by atoms with Crippen molar-refractivity contribution in [2.45, 2.75) is 59.5 Å². The lowest BCUT2D eigenvalue weighted by Crippen LogP contribution is -3.00. The van der Waals surface area contributed by atoms with E-state index in [2.05, 4.69) is 48.6 Å². The van der Waals surface area contributed by atoms with Gasteiger partial charge in [-0.2, -0.15) is 0 Å². The van der Waals surface area contributed by atoms with Crippen molar-refractivity contribution in [1.82, 2.24) is 4.57 Å². The Kier molecular flexibility index (Phi) is 8.36. The molecule has 0 N–H and O–H groups in total. The lowest BCUT2D eigenvalue weighted by atomic mass is 9.99. The largest absolute Gasteiger partial charge is 1.00 e. The molecule has 2 nitrogen and oxygen atoms in total. The van der Waals surface area contributed by atoms with E-state index in [0.717, 1.165) is 12.5 Å². The Morgan fingerprint density at radius 2 is 2.00 bits per heavy atom. The SMILES string of the molecule is CCCCC(CC)Cn1cc[n+](CC)c1.[Cl-]. The van der Waals surface area contributed by atoms with Gasteiger partial charge in [-0.05, 0) is 25.7 Å². The van der Waals surface area contributed by atoms with Gasteiger partial charge < -0.3 is 12.4 Å². The normalized spacial score (nSPS) is 12.2. The molecule has 1 heterocycles. The van der Waals surface area contributed by atoms with Crippen LogP contribution in [0.3, 0.4) is 0 Å². The second kappa shape index (κ2) is 8.63. The zero-order valence-corrected chi connectivity index (χ0v) is 11.6. The van der Waals surface area contributed by atoms with Crippen molar-refractivity contribution in [3.8, 4) is 0 Å². The molecule has 0 spiro atoms. The predicted octanol–water partition coefficient (Wildman–Crippen LogP) is 0.0159. The standard InChI is InChI=1S/C13H25N2.ClH/c1-4-7-8-13(5-2)11-15-10-9-14(6-3)12-15;/h9-10,12-13H,4-8,11H2,1-3H3;1H/q+1;/p-1. The molecule has 0 aromatic carbocycles. The Balaban J connectivity index is 0.00000225. The zero-order valence-electron chi connectivity index (χ0n) is 10.8. The fraction of sp³-hybridized carbons (Fsp3) is 0.769. The summed E-state index contributed by atoms with van der Waals surface area (Å²) >= 11 is 0. The summed E-state index contributed by atoms with van der Waals surface area (Å²) in [5.74, 6) is 0.850. The van der Waals surface area contributed by atoms with E-state index < -0.39 is 0 Å². The lowest BCUT2D eigenvalue weighted by Gasteiger charge is -2.11. The fourth-order valence-electron chi connectivity index (χ4n) is 1.95. The monoisotopic (exact) mass is 244 g/mol. The van der Waals surface area contributed by atoms with E-state index in [-0.39, 0.29) is 12.4 Å². The molecule has 0 fully saturated rings. The molecule has 0 amide bonds. The lowest BCUT2D eigenvalue weighted by molar-refractivity contribution is -0.693. The van der Waals surface area contributed by atoms with Gasteiger partial charge in [-0.25, -0.2) is 9.13 Å². The van der Waals surface area contributed by atoms with Gasteiger partial charge in [0.25, 0.3) is 0 Å². The molecule has 1 aromatic heterocycles. The minimum atomic E-state index is 0. The fourth-order valence-corrected chi connectivity index (χ4v) is 1.95. The molecule has 1 unspecified atom stereocenters. The molecule has 0 saturated carbocycles. The Labute approximate surface area is 106 Å². The first kappa shape index (κ1) is 15.5. The molecule has 1 rings (SSSR count). The summed E-state index contributed by atoms with van der Waals surface area (Å²) in [5, 5.41) is 0. The van der Waals surface area contributed by atoms with Crippen molar-refractivity contribution in [1.29, 1.82) is 0 Å². The first-order valence-corrected chi connectivity index (χ1v) is 6.34. The second-order valence-electron chi connectivity index (χ2n) is 4.36. The number of nitrogens with zero attached hydrogens (tertiary/aromatic N) is 2. The minimum Gasteiger partial charge on any atom is -1.00 e. The molecule has 0 aliphatic carbocycles. The Bertz CT molecular complexity index is 271. The molecular weight excluding hydrogens is 220 g/mol. The van der Waals surface area contributed by atoms with Gasteiger partial charge in [-0.15, -0.1) is 0 Å². The van der Waals surface area contributed by atoms with Gasteiger partial charge in [0.2, 0.25) is 6.33 Å². The molecular formula is C13H25ClN2. The number of aromatic nitrogens is 2. The highest BCUT2D eigenvalue weighted by Gasteiger charge is 2.10. The summed E-state index contributed by atoms with van der Waals surface area (Å²) in [5.41, 5.74) is 0. The van der Waals surface area contributed by atoms with Gasteiger partial charge in [-0.3, -0.25) is 0 Å². The highest BCUT2D eigenvalue weighted by Crippen LogP contribution is 2.14. The van der Waals surface area contributed by atoms with Crippen LogP contribution < -0.4 is 17.0 Å². The molecule has 0 aliphatic heterocycles. The third-order valence-electron chi connectivity index (χ3n) is 3.12. The molecule has 0 bridgehead atoms. The summed E-state index contributed by atoms with van der Waals surface area (Å²) < 4.78 is 4.56. The van der Waals surface area contributed by atoms with Crippen LogP contribution in [0.1, 0.15) is 46.5 Å². The van der Waals surface area contributed by atoms with E-state index in [4.69, 9.17) is 0 Å². The molecule has 1 aromatic rings. The van der Waals surface area contributed by atoms with Crippen LogP contribution in [0.5, 0.6) is 0 Å². The highest BCUT2D eigenvalue weighted by atomic mass is 35.5. The van der Waals surface area contributed by atoms with Gasteiger partial charge >= 0.3 is 0 Å². The quantitative estimate of drug-likeness (QED) is 0.598. The zero-order chi connectivity index (χ0) is 11.1. The number of hydrogen-bond acceptors (Lipinski definition) is 0. The van der Waals surface area contributed by atoms with Crippen LogP contribution in [-0.2, 0) is 13.1 Å². The maximum Gasteiger partial charge on any atom is 0.243 e. The number of aryl methyl sites for hydroxylation is 1. The first-order valence-electron chi connectivity index (χ1n) is 6.34. The molecule has 1 atom stereocenters. The number of rotatable bonds is 7. The van der Waals surface area contributed by atoms with Crippen LogP contribution >= 0.6 is 0 Å². The van der Waals surface area contributed by atoms with Crippen LogP contribution in [0.4, 0.5) is 0 Å². The van der Waals surface area contributed by atoms with Crippen LogP contribution in [0.15, 0.2) is 18.7 Å². The average Bonchev–Trinajstić information content (AvgIpc) is 2.71. The summed E-state index contributed by atoms with van der Waals surface area (Å²) in [7, 11) is 0. The van der Waals surface area contributed by atoms with E-state index in [9.17, 15) is 0 Å². The van der Waals surface area contributed by atoms with Crippen molar-refractivity contribution >= 4 is 0 Å². The van der Waals surface area contributed by atoms with Crippen molar-refractivity contribution in [3.05, 3.63) is 18.7 Å². The van der Waals surface area contributed by atoms with Gasteiger partial charge in [0, 0.05) is 0 Å². The molecule has 16 heavy (non-hydrogen) atoms. The molecule has 0 saturated heterocycles. The van der Waals surface area contributed by atoms with Crippen molar-refractivity contribution in [3.63, 3.8) is 0 Å². The second-order valence-corrected chi connectivity index (χ2v) is 4.36. The van der Waals surface area contributed by atoms with Crippen LogP contribution in [0.25, 0.3) is 0 Å². The van der Waals surface area contributed by atoms with Gasteiger partial charge in [-0.1, -0.05) is 26.7 Å².